The van der Waals surface area contributed by atoms with E-state index >= 15 is 0 Å². The molecule has 136 valence electrons. The molecule has 0 aliphatic carbocycles. The van der Waals surface area contributed by atoms with Crippen molar-refractivity contribution < 1.29 is 28.6 Å². The first kappa shape index (κ1) is 17.7. The Kier molecular flexibility index (Phi) is 4.10. The summed E-state index contributed by atoms with van der Waals surface area (Å²) in [5.41, 5.74) is -0.389. The van der Waals surface area contributed by atoms with Crippen LogP contribution < -0.4 is 0 Å². The normalized spacial score (nSPS) is 15.3. The third kappa shape index (κ3) is 2.09. The molecule has 1 aliphatic heterocycles. The molecule has 7 nitrogen and oxygen atoms in total. The van der Waals surface area contributed by atoms with Crippen LogP contribution in [-0.4, -0.2) is 36.5 Å². The Hall–Kier alpha value is -3.09. The minimum atomic E-state index is -2.14. The van der Waals surface area contributed by atoms with Gasteiger partial charge in [0.1, 0.15) is 5.76 Å². The molecule has 2 heterocycles. The van der Waals surface area contributed by atoms with E-state index in [9.17, 15) is 14.4 Å². The second-order valence-corrected chi connectivity index (χ2v) is 6.05. The molecule has 0 saturated carbocycles. The van der Waals surface area contributed by atoms with Crippen molar-refractivity contribution in [3.63, 3.8) is 0 Å². The van der Waals surface area contributed by atoms with Crippen LogP contribution >= 0.6 is 0 Å². The molecule has 1 aliphatic rings. The smallest absolute Gasteiger partial charge is 0.367 e. The van der Waals surface area contributed by atoms with Crippen LogP contribution in [0.3, 0.4) is 0 Å². The van der Waals surface area contributed by atoms with Gasteiger partial charge in [-0.3, -0.25) is 4.79 Å². The van der Waals surface area contributed by atoms with Gasteiger partial charge in [0.2, 0.25) is 0 Å². The molecule has 0 saturated heterocycles. The Morgan fingerprint density at radius 3 is 2.19 bits per heavy atom. The fourth-order valence-corrected chi connectivity index (χ4v) is 3.61. The number of hydrogen-bond donors (Lipinski definition) is 0. The minimum Gasteiger partial charge on any atom is -0.465 e. The van der Waals surface area contributed by atoms with Gasteiger partial charge in [0.25, 0.3) is 0 Å². The van der Waals surface area contributed by atoms with Crippen molar-refractivity contribution in [2.24, 2.45) is 7.05 Å². The molecule has 0 amide bonds. The number of allylic oxidation sites excluding steroid dienone is 2. The van der Waals surface area contributed by atoms with E-state index < -0.39 is 17.5 Å². The topological polar surface area (TPSA) is 83.8 Å². The maximum atomic E-state index is 12.8. The highest BCUT2D eigenvalue weighted by atomic mass is 16.6. The molecule has 0 atom stereocenters. The molecule has 0 radical (unpaired) electrons. The number of methoxy groups -OCH3 is 2. The van der Waals surface area contributed by atoms with Crippen molar-refractivity contribution in [3.05, 3.63) is 41.3 Å². The highest BCUT2D eigenvalue weighted by Gasteiger charge is 2.59. The highest BCUT2D eigenvalue weighted by molar-refractivity contribution is 6.24. The Labute approximate surface area is 150 Å². The van der Waals surface area contributed by atoms with Crippen LogP contribution in [0, 0.1) is 0 Å². The van der Waals surface area contributed by atoms with Gasteiger partial charge in [0.05, 0.1) is 31.1 Å². The number of fused-ring (bicyclic) bond motifs is 3. The Bertz CT molecular complexity index is 965. The van der Waals surface area contributed by atoms with Gasteiger partial charge in [-0.15, -0.1) is 0 Å². The number of ketones is 1. The molecular formula is C19H19NO6. The van der Waals surface area contributed by atoms with Crippen molar-refractivity contribution in [3.8, 4) is 0 Å². The first-order chi connectivity index (χ1) is 12.3. The first-order valence-electron chi connectivity index (χ1n) is 7.97. The van der Waals surface area contributed by atoms with Crippen LogP contribution in [0.4, 0.5) is 0 Å². The van der Waals surface area contributed by atoms with Crippen molar-refractivity contribution in [1.29, 1.82) is 0 Å². The monoisotopic (exact) mass is 357 g/mol. The molecule has 7 heteroatoms. The zero-order chi connectivity index (χ0) is 19.2. The van der Waals surface area contributed by atoms with E-state index in [2.05, 4.69) is 0 Å². The summed E-state index contributed by atoms with van der Waals surface area (Å²) in [5.74, 6) is -1.91. The highest BCUT2D eigenvalue weighted by Crippen LogP contribution is 2.47. The lowest BCUT2D eigenvalue weighted by Crippen LogP contribution is -2.49. The van der Waals surface area contributed by atoms with Gasteiger partial charge >= 0.3 is 17.5 Å². The SMILES string of the molecule is COC(=O)C1(C(=O)OC)OC(C)=C(C(C)=O)c2c1c1ccccc1n2C. The zero-order valence-corrected chi connectivity index (χ0v) is 15.2. The lowest BCUT2D eigenvalue weighted by Gasteiger charge is -2.34. The van der Waals surface area contributed by atoms with Crippen LogP contribution in [-0.2, 0) is 41.2 Å². The third-order valence-electron chi connectivity index (χ3n) is 4.65. The zero-order valence-electron chi connectivity index (χ0n) is 15.2. The number of nitrogens with zero attached hydrogens (tertiary/aromatic N) is 1. The predicted molar refractivity (Wildman–Crippen MR) is 93.0 cm³/mol. The fourth-order valence-electron chi connectivity index (χ4n) is 3.61. The molecule has 1 aromatic heterocycles. The van der Waals surface area contributed by atoms with Crippen LogP contribution in [0.25, 0.3) is 16.5 Å². The van der Waals surface area contributed by atoms with Crippen LogP contribution in [0.1, 0.15) is 25.1 Å². The van der Waals surface area contributed by atoms with E-state index in [4.69, 9.17) is 14.2 Å². The molecular weight excluding hydrogens is 338 g/mol. The van der Waals surface area contributed by atoms with Crippen LogP contribution in [0.5, 0.6) is 0 Å². The van der Waals surface area contributed by atoms with Gasteiger partial charge in [-0.25, -0.2) is 9.59 Å². The summed E-state index contributed by atoms with van der Waals surface area (Å²) < 4.78 is 17.4. The van der Waals surface area contributed by atoms with Crippen molar-refractivity contribution in [2.75, 3.05) is 14.2 Å². The number of hydrogen-bond acceptors (Lipinski definition) is 6. The Morgan fingerprint density at radius 2 is 1.65 bits per heavy atom. The predicted octanol–water partition coefficient (Wildman–Crippen LogP) is 2.07. The van der Waals surface area contributed by atoms with Gasteiger partial charge in [-0.1, -0.05) is 18.2 Å². The van der Waals surface area contributed by atoms with Gasteiger partial charge in [0.15, 0.2) is 5.78 Å². The number of esters is 2. The number of aryl methyl sites for hydroxylation is 1. The van der Waals surface area contributed by atoms with Gasteiger partial charge in [0, 0.05) is 18.0 Å². The number of carbonyl (C=O) groups excluding carboxylic acids is 3. The molecule has 26 heavy (non-hydrogen) atoms. The molecule has 0 spiro atoms. The number of Topliss-reactive ketones (excluding diaryl/α,β-unsaturated/α-hetero) is 1. The van der Waals surface area contributed by atoms with E-state index in [1.54, 1.807) is 23.7 Å². The van der Waals surface area contributed by atoms with Gasteiger partial charge < -0.3 is 18.8 Å². The second kappa shape index (κ2) is 6.01. The molecule has 2 aromatic rings. The molecule has 0 bridgehead atoms. The van der Waals surface area contributed by atoms with Crippen LogP contribution in [0.2, 0.25) is 0 Å². The average Bonchev–Trinajstić information content (AvgIpc) is 2.92. The average molecular weight is 357 g/mol. The number of ether oxygens (including phenoxy) is 3. The maximum absolute atomic E-state index is 12.8. The Morgan fingerprint density at radius 1 is 1.08 bits per heavy atom. The summed E-state index contributed by atoms with van der Waals surface area (Å²) >= 11 is 0. The summed E-state index contributed by atoms with van der Waals surface area (Å²) in [5, 5.41) is 0.604. The van der Waals surface area contributed by atoms with Crippen LogP contribution in [0.15, 0.2) is 30.0 Å². The summed E-state index contributed by atoms with van der Waals surface area (Å²) in [6.45, 7) is 2.95. The number of rotatable bonds is 3. The number of para-hydroxylation sites is 1. The van der Waals surface area contributed by atoms with E-state index in [-0.39, 0.29) is 17.1 Å². The summed E-state index contributed by atoms with van der Waals surface area (Å²) in [6, 6.07) is 7.20. The third-order valence-corrected chi connectivity index (χ3v) is 4.65. The lowest BCUT2D eigenvalue weighted by molar-refractivity contribution is -0.184. The number of carbonyl (C=O) groups is 3. The summed E-state index contributed by atoms with van der Waals surface area (Å²) in [7, 11) is 4.10. The van der Waals surface area contributed by atoms with Gasteiger partial charge in [-0.2, -0.15) is 0 Å². The largest absolute Gasteiger partial charge is 0.465 e. The van der Waals surface area contributed by atoms with Gasteiger partial charge in [-0.05, 0) is 19.9 Å². The summed E-state index contributed by atoms with van der Waals surface area (Å²) in [4.78, 5) is 37.8. The molecule has 0 unspecified atom stereocenters. The number of benzene rings is 1. The van der Waals surface area contributed by atoms with E-state index in [0.717, 1.165) is 5.52 Å². The molecule has 1 aromatic carbocycles. The lowest BCUT2D eigenvalue weighted by atomic mass is 9.85. The quantitative estimate of drug-likeness (QED) is 0.618. The molecule has 0 N–H and O–H groups in total. The van der Waals surface area contributed by atoms with E-state index in [1.165, 1.54) is 28.1 Å². The minimum absolute atomic E-state index is 0.159. The van der Waals surface area contributed by atoms with E-state index in [1.807, 2.05) is 12.1 Å². The standard InChI is InChI=1S/C19H19NO6/c1-10(21)14-11(2)26-19(17(22)24-4,18(23)25-5)15-12-8-6-7-9-13(12)20(3)16(14)15/h6-9H,1-5H3. The summed E-state index contributed by atoms with van der Waals surface area (Å²) in [6.07, 6.45) is 0. The molecule has 3 rings (SSSR count). The van der Waals surface area contributed by atoms with E-state index in [0.29, 0.717) is 16.7 Å². The number of aromatic nitrogens is 1. The Balaban J connectivity index is 2.56. The second-order valence-electron chi connectivity index (χ2n) is 6.05. The fraction of sp³-hybridized carbons (Fsp3) is 0.316. The van der Waals surface area contributed by atoms with Crippen molar-refractivity contribution in [2.45, 2.75) is 19.4 Å². The molecule has 0 fully saturated rings. The van der Waals surface area contributed by atoms with Crippen molar-refractivity contribution in [1.82, 2.24) is 4.57 Å². The maximum Gasteiger partial charge on any atom is 0.367 e. The van der Waals surface area contributed by atoms with Crippen molar-refractivity contribution >= 4 is 34.2 Å². The first-order valence-corrected chi connectivity index (χ1v) is 7.97.